The number of methoxy groups -OCH3 is 1. The molecule has 0 saturated heterocycles. The minimum atomic E-state index is -0.508. The second-order valence-electron chi connectivity index (χ2n) is 5.02. The van der Waals surface area contributed by atoms with Crippen molar-refractivity contribution < 1.29 is 14.6 Å². The third kappa shape index (κ3) is 4.50. The van der Waals surface area contributed by atoms with Gasteiger partial charge in [-0.1, -0.05) is 36.4 Å². The molecule has 1 N–H and O–H groups in total. The molecule has 0 aromatic heterocycles. The van der Waals surface area contributed by atoms with Crippen molar-refractivity contribution in [3.05, 3.63) is 59.7 Å². The van der Waals surface area contributed by atoms with Crippen LogP contribution in [0.5, 0.6) is 11.5 Å². The molecule has 0 spiro atoms. The fourth-order valence-corrected chi connectivity index (χ4v) is 2.17. The molecule has 2 rings (SSSR count). The first-order chi connectivity index (χ1) is 10.2. The third-order valence-electron chi connectivity index (χ3n) is 3.38. The van der Waals surface area contributed by atoms with Gasteiger partial charge in [0.1, 0.15) is 0 Å². The first kappa shape index (κ1) is 15.4. The second kappa shape index (κ2) is 7.70. The van der Waals surface area contributed by atoms with Crippen LogP contribution in [0.3, 0.4) is 0 Å². The Bertz CT molecular complexity index is 550. The standard InChI is InChI=1S/C18H22O3/c1-14(19)16-10-11-17(18(13-16)20-2)21-12-6-9-15-7-4-3-5-8-15/h3-5,7-8,10-11,13-14,19H,6,9,12H2,1-2H3/t14-/m0/s1. The molecule has 0 radical (unpaired) electrons. The quantitative estimate of drug-likeness (QED) is 0.788. The van der Waals surface area contributed by atoms with E-state index >= 15 is 0 Å². The first-order valence-electron chi connectivity index (χ1n) is 7.23. The van der Waals surface area contributed by atoms with Gasteiger partial charge in [0.05, 0.1) is 19.8 Å². The van der Waals surface area contributed by atoms with Gasteiger partial charge in [0.15, 0.2) is 11.5 Å². The summed E-state index contributed by atoms with van der Waals surface area (Å²) in [5.74, 6) is 1.38. The molecule has 1 atom stereocenters. The number of rotatable bonds is 7. The molecule has 0 fully saturated rings. The van der Waals surface area contributed by atoms with E-state index in [2.05, 4.69) is 12.1 Å². The van der Waals surface area contributed by atoms with E-state index in [-0.39, 0.29) is 0 Å². The maximum atomic E-state index is 9.58. The van der Waals surface area contributed by atoms with E-state index in [1.165, 1.54) is 5.56 Å². The predicted molar refractivity (Wildman–Crippen MR) is 83.9 cm³/mol. The summed E-state index contributed by atoms with van der Waals surface area (Å²) in [5, 5.41) is 9.58. The van der Waals surface area contributed by atoms with Gasteiger partial charge in [0, 0.05) is 0 Å². The van der Waals surface area contributed by atoms with Crippen molar-refractivity contribution in [2.24, 2.45) is 0 Å². The molecule has 0 saturated carbocycles. The molecule has 2 aromatic rings. The molecule has 0 aliphatic carbocycles. The lowest BCUT2D eigenvalue weighted by molar-refractivity contribution is 0.198. The van der Waals surface area contributed by atoms with Crippen LogP contribution in [0.25, 0.3) is 0 Å². The van der Waals surface area contributed by atoms with Crippen LogP contribution in [0.2, 0.25) is 0 Å². The van der Waals surface area contributed by atoms with Crippen molar-refractivity contribution in [1.29, 1.82) is 0 Å². The summed E-state index contributed by atoms with van der Waals surface area (Å²) in [6.07, 6.45) is 1.44. The van der Waals surface area contributed by atoms with Gasteiger partial charge in [-0.3, -0.25) is 0 Å². The third-order valence-corrected chi connectivity index (χ3v) is 3.38. The van der Waals surface area contributed by atoms with Gasteiger partial charge in [-0.15, -0.1) is 0 Å². The summed E-state index contributed by atoms with van der Waals surface area (Å²) in [4.78, 5) is 0. The Morgan fingerprint density at radius 3 is 2.48 bits per heavy atom. The minimum absolute atomic E-state index is 0.508. The van der Waals surface area contributed by atoms with Gasteiger partial charge < -0.3 is 14.6 Å². The lowest BCUT2D eigenvalue weighted by Crippen LogP contribution is -2.02. The number of aliphatic hydroxyl groups is 1. The van der Waals surface area contributed by atoms with Crippen molar-refractivity contribution in [2.45, 2.75) is 25.9 Å². The van der Waals surface area contributed by atoms with E-state index in [4.69, 9.17) is 9.47 Å². The number of benzene rings is 2. The molecule has 0 unspecified atom stereocenters. The van der Waals surface area contributed by atoms with Crippen LogP contribution >= 0.6 is 0 Å². The molecule has 0 aliphatic rings. The highest BCUT2D eigenvalue weighted by Gasteiger charge is 2.08. The number of ether oxygens (including phenoxy) is 2. The lowest BCUT2D eigenvalue weighted by atomic mass is 10.1. The van der Waals surface area contributed by atoms with E-state index in [1.807, 2.05) is 36.4 Å². The second-order valence-corrected chi connectivity index (χ2v) is 5.02. The summed E-state index contributed by atoms with van der Waals surface area (Å²) in [7, 11) is 1.61. The molecule has 0 amide bonds. The zero-order chi connectivity index (χ0) is 15.1. The van der Waals surface area contributed by atoms with Crippen molar-refractivity contribution >= 4 is 0 Å². The van der Waals surface area contributed by atoms with Gasteiger partial charge in [-0.2, -0.15) is 0 Å². The van der Waals surface area contributed by atoms with Gasteiger partial charge in [-0.25, -0.2) is 0 Å². The monoisotopic (exact) mass is 286 g/mol. The van der Waals surface area contributed by atoms with Crippen LogP contribution in [-0.2, 0) is 6.42 Å². The van der Waals surface area contributed by atoms with E-state index in [0.29, 0.717) is 12.4 Å². The average molecular weight is 286 g/mol. The van der Waals surface area contributed by atoms with Crippen LogP contribution in [0.15, 0.2) is 48.5 Å². The number of aryl methyl sites for hydroxylation is 1. The van der Waals surface area contributed by atoms with Gasteiger partial charge >= 0.3 is 0 Å². The fourth-order valence-electron chi connectivity index (χ4n) is 2.17. The van der Waals surface area contributed by atoms with E-state index in [1.54, 1.807) is 14.0 Å². The Labute approximate surface area is 126 Å². The largest absolute Gasteiger partial charge is 0.493 e. The van der Waals surface area contributed by atoms with Gasteiger partial charge in [-0.05, 0) is 43.0 Å². The smallest absolute Gasteiger partial charge is 0.161 e. The maximum Gasteiger partial charge on any atom is 0.161 e. The minimum Gasteiger partial charge on any atom is -0.493 e. The van der Waals surface area contributed by atoms with Crippen LogP contribution < -0.4 is 9.47 Å². The molecule has 112 valence electrons. The Kier molecular flexibility index (Phi) is 5.64. The molecule has 0 aliphatic heterocycles. The molecule has 21 heavy (non-hydrogen) atoms. The van der Waals surface area contributed by atoms with Crippen LogP contribution in [0, 0.1) is 0 Å². The normalized spacial score (nSPS) is 12.0. The molecule has 3 heteroatoms. The van der Waals surface area contributed by atoms with Crippen molar-refractivity contribution in [3.8, 4) is 11.5 Å². The van der Waals surface area contributed by atoms with E-state index in [0.717, 1.165) is 24.2 Å². The maximum absolute atomic E-state index is 9.58. The summed E-state index contributed by atoms with van der Waals surface area (Å²) >= 11 is 0. The highest BCUT2D eigenvalue weighted by Crippen LogP contribution is 2.30. The van der Waals surface area contributed by atoms with Crippen LogP contribution in [-0.4, -0.2) is 18.8 Å². The highest BCUT2D eigenvalue weighted by atomic mass is 16.5. The van der Waals surface area contributed by atoms with Crippen molar-refractivity contribution in [1.82, 2.24) is 0 Å². The molecule has 2 aromatic carbocycles. The molecule has 0 heterocycles. The molecule has 0 bridgehead atoms. The number of hydrogen-bond acceptors (Lipinski definition) is 3. The highest BCUT2D eigenvalue weighted by molar-refractivity contribution is 5.43. The summed E-state index contributed by atoms with van der Waals surface area (Å²) in [5.41, 5.74) is 2.14. The predicted octanol–water partition coefficient (Wildman–Crippen LogP) is 3.76. The summed E-state index contributed by atoms with van der Waals surface area (Å²) in [6.45, 7) is 2.37. The Balaban J connectivity index is 1.88. The first-order valence-corrected chi connectivity index (χ1v) is 7.23. The summed E-state index contributed by atoms with van der Waals surface area (Å²) < 4.78 is 11.1. The van der Waals surface area contributed by atoms with Crippen LogP contribution in [0.4, 0.5) is 0 Å². The van der Waals surface area contributed by atoms with Gasteiger partial charge in [0.25, 0.3) is 0 Å². The zero-order valence-electron chi connectivity index (χ0n) is 12.6. The number of aliphatic hydroxyl groups excluding tert-OH is 1. The van der Waals surface area contributed by atoms with Crippen LogP contribution in [0.1, 0.15) is 30.6 Å². The molecular formula is C18H22O3. The topological polar surface area (TPSA) is 38.7 Å². The zero-order valence-corrected chi connectivity index (χ0v) is 12.6. The Morgan fingerprint density at radius 1 is 1.05 bits per heavy atom. The average Bonchev–Trinajstić information content (AvgIpc) is 2.52. The Morgan fingerprint density at radius 2 is 1.81 bits per heavy atom. The molecular weight excluding hydrogens is 264 g/mol. The summed E-state index contributed by atoms with van der Waals surface area (Å²) in [6, 6.07) is 15.9. The van der Waals surface area contributed by atoms with E-state index < -0.39 is 6.10 Å². The number of hydrogen-bond donors (Lipinski definition) is 1. The SMILES string of the molecule is COc1cc([C@H](C)O)ccc1OCCCc1ccccc1. The lowest BCUT2D eigenvalue weighted by Gasteiger charge is -2.13. The Hall–Kier alpha value is -2.00. The van der Waals surface area contributed by atoms with Crippen molar-refractivity contribution in [2.75, 3.05) is 13.7 Å². The fraction of sp³-hybridized carbons (Fsp3) is 0.333. The van der Waals surface area contributed by atoms with Crippen molar-refractivity contribution in [3.63, 3.8) is 0 Å². The van der Waals surface area contributed by atoms with Gasteiger partial charge in [0.2, 0.25) is 0 Å². The molecule has 3 nitrogen and oxygen atoms in total. The van der Waals surface area contributed by atoms with E-state index in [9.17, 15) is 5.11 Å².